The Balaban J connectivity index is 1.23. The van der Waals surface area contributed by atoms with Crippen LogP contribution in [-0.4, -0.2) is 72.3 Å². The van der Waals surface area contributed by atoms with Gasteiger partial charge in [-0.1, -0.05) is 6.07 Å². The Bertz CT molecular complexity index is 1280. The van der Waals surface area contributed by atoms with Crippen LogP contribution in [0.5, 0.6) is 11.5 Å². The first-order chi connectivity index (χ1) is 17.4. The first kappa shape index (κ1) is 24.1. The second-order valence-corrected chi connectivity index (χ2v) is 8.95. The molecule has 0 aliphatic carbocycles. The zero-order chi connectivity index (χ0) is 25.2. The normalized spacial score (nSPS) is 16.8. The molecule has 1 aromatic heterocycles. The van der Waals surface area contributed by atoms with E-state index in [-0.39, 0.29) is 30.7 Å². The molecule has 2 aliphatic rings. The molecule has 1 atom stereocenters. The van der Waals surface area contributed by atoms with Crippen molar-refractivity contribution in [2.45, 2.75) is 26.4 Å². The third-order valence-electron chi connectivity index (χ3n) is 6.67. The number of rotatable bonds is 7. The van der Waals surface area contributed by atoms with Crippen molar-refractivity contribution in [2.24, 2.45) is 0 Å². The van der Waals surface area contributed by atoms with Gasteiger partial charge >= 0.3 is 5.97 Å². The van der Waals surface area contributed by atoms with Gasteiger partial charge in [0, 0.05) is 43.6 Å². The van der Waals surface area contributed by atoms with Crippen LogP contribution in [0.1, 0.15) is 29.9 Å². The number of halogens is 1. The van der Waals surface area contributed by atoms with E-state index in [1.807, 2.05) is 25.1 Å². The molecule has 1 fully saturated rings. The Hall–Kier alpha value is -3.63. The smallest absolute Gasteiger partial charge is 0.356 e. The van der Waals surface area contributed by atoms with Crippen LogP contribution in [0, 0.1) is 5.82 Å². The Morgan fingerprint density at radius 1 is 1.11 bits per heavy atom. The maximum atomic E-state index is 14.0. The van der Waals surface area contributed by atoms with Crippen molar-refractivity contribution in [3.8, 4) is 11.5 Å². The third kappa shape index (κ3) is 4.87. The molecule has 36 heavy (non-hydrogen) atoms. The van der Waals surface area contributed by atoms with Gasteiger partial charge < -0.3 is 24.5 Å². The van der Waals surface area contributed by atoms with E-state index in [4.69, 9.17) is 14.2 Å². The second kappa shape index (κ2) is 10.2. The van der Waals surface area contributed by atoms with E-state index in [0.717, 1.165) is 36.7 Å². The summed E-state index contributed by atoms with van der Waals surface area (Å²) in [7, 11) is 0. The van der Waals surface area contributed by atoms with Gasteiger partial charge in [-0.3, -0.25) is 14.6 Å². The lowest BCUT2D eigenvalue weighted by Gasteiger charge is -2.37. The molecule has 0 saturated carbocycles. The summed E-state index contributed by atoms with van der Waals surface area (Å²) in [5.74, 6) is 0.214. The molecule has 3 heterocycles. The van der Waals surface area contributed by atoms with Gasteiger partial charge in [0.15, 0.2) is 11.5 Å². The van der Waals surface area contributed by atoms with Crippen molar-refractivity contribution in [1.82, 2.24) is 14.8 Å². The predicted octanol–water partition coefficient (Wildman–Crippen LogP) is 3.36. The Kier molecular flexibility index (Phi) is 6.80. The highest BCUT2D eigenvalue weighted by atomic mass is 19.1. The van der Waals surface area contributed by atoms with Gasteiger partial charge in [-0.15, -0.1) is 0 Å². The van der Waals surface area contributed by atoms with Crippen LogP contribution < -0.4 is 14.8 Å². The summed E-state index contributed by atoms with van der Waals surface area (Å²) in [4.78, 5) is 33.1. The number of H-pyrrole nitrogens is 1. The Morgan fingerprint density at radius 2 is 1.89 bits per heavy atom. The molecule has 2 N–H and O–H groups in total. The SMILES string of the molecule is CCOC(=O)c1[nH]c2ccc(F)cc2c1NC(=O)[C@H](C)N1CCN(Cc2ccc3c(c2)OCO3)CC1. The number of carbonyl (C=O) groups is 2. The molecule has 2 aromatic carbocycles. The number of ether oxygens (including phenoxy) is 3. The van der Waals surface area contributed by atoms with E-state index in [2.05, 4.69) is 20.1 Å². The number of piperazine rings is 1. The van der Waals surface area contributed by atoms with E-state index in [9.17, 15) is 14.0 Å². The van der Waals surface area contributed by atoms with Crippen LogP contribution in [0.25, 0.3) is 10.9 Å². The van der Waals surface area contributed by atoms with Crippen molar-refractivity contribution in [3.05, 3.63) is 53.5 Å². The third-order valence-corrected chi connectivity index (χ3v) is 6.67. The highest BCUT2D eigenvalue weighted by Crippen LogP contribution is 2.33. The largest absolute Gasteiger partial charge is 0.461 e. The van der Waals surface area contributed by atoms with Gasteiger partial charge in [-0.25, -0.2) is 9.18 Å². The monoisotopic (exact) mass is 496 g/mol. The number of aromatic nitrogens is 1. The van der Waals surface area contributed by atoms with Crippen molar-refractivity contribution in [3.63, 3.8) is 0 Å². The van der Waals surface area contributed by atoms with Crippen LogP contribution in [0.4, 0.5) is 10.1 Å². The van der Waals surface area contributed by atoms with Crippen LogP contribution >= 0.6 is 0 Å². The van der Waals surface area contributed by atoms with E-state index < -0.39 is 17.8 Å². The minimum atomic E-state index is -0.603. The average Bonchev–Trinajstić information content (AvgIpc) is 3.48. The van der Waals surface area contributed by atoms with E-state index >= 15 is 0 Å². The van der Waals surface area contributed by atoms with Crippen molar-refractivity contribution in [1.29, 1.82) is 0 Å². The van der Waals surface area contributed by atoms with Gasteiger partial charge in [0.05, 0.1) is 18.3 Å². The zero-order valence-corrected chi connectivity index (χ0v) is 20.3. The highest BCUT2D eigenvalue weighted by Gasteiger charge is 2.28. The molecule has 1 saturated heterocycles. The van der Waals surface area contributed by atoms with Gasteiger partial charge in [-0.2, -0.15) is 0 Å². The zero-order valence-electron chi connectivity index (χ0n) is 20.3. The molecular weight excluding hydrogens is 467 g/mol. The minimum absolute atomic E-state index is 0.103. The molecule has 1 amide bonds. The standard InChI is InChI=1S/C26H29FN4O5/c1-3-34-26(33)24-23(19-13-18(27)5-6-20(19)28-24)29-25(32)16(2)31-10-8-30(9-11-31)14-17-4-7-21-22(12-17)36-15-35-21/h4-7,12-13,16,28H,3,8-11,14-15H2,1-2H3,(H,29,32)/t16-/m0/s1. The number of nitrogens with one attached hydrogen (secondary N) is 2. The van der Waals surface area contributed by atoms with Crippen LogP contribution in [-0.2, 0) is 16.1 Å². The van der Waals surface area contributed by atoms with Gasteiger partial charge in [-0.05, 0) is 49.7 Å². The van der Waals surface area contributed by atoms with Gasteiger partial charge in [0.2, 0.25) is 12.7 Å². The number of nitrogens with zero attached hydrogens (tertiary/aromatic N) is 2. The van der Waals surface area contributed by atoms with Crippen molar-refractivity contribution in [2.75, 3.05) is 44.9 Å². The van der Waals surface area contributed by atoms with E-state index in [1.54, 1.807) is 6.92 Å². The number of hydrogen-bond acceptors (Lipinski definition) is 7. The number of fused-ring (bicyclic) bond motifs is 2. The quantitative estimate of drug-likeness (QED) is 0.485. The van der Waals surface area contributed by atoms with E-state index in [0.29, 0.717) is 24.0 Å². The molecule has 2 aliphatic heterocycles. The maximum Gasteiger partial charge on any atom is 0.356 e. The first-order valence-electron chi connectivity index (χ1n) is 12.1. The second-order valence-electron chi connectivity index (χ2n) is 8.95. The molecule has 10 heteroatoms. The number of esters is 1. The molecule has 9 nitrogen and oxygen atoms in total. The summed E-state index contributed by atoms with van der Waals surface area (Å²) in [6.45, 7) is 7.80. The van der Waals surface area contributed by atoms with Gasteiger partial charge in [0.1, 0.15) is 11.5 Å². The van der Waals surface area contributed by atoms with Crippen LogP contribution in [0.2, 0.25) is 0 Å². The maximum absolute atomic E-state index is 14.0. The lowest BCUT2D eigenvalue weighted by atomic mass is 10.1. The molecule has 0 unspecified atom stereocenters. The minimum Gasteiger partial charge on any atom is -0.461 e. The Morgan fingerprint density at radius 3 is 2.67 bits per heavy atom. The van der Waals surface area contributed by atoms with Gasteiger partial charge in [0.25, 0.3) is 0 Å². The molecule has 0 radical (unpaired) electrons. The number of anilines is 1. The number of hydrogen-bond donors (Lipinski definition) is 2. The fourth-order valence-electron chi connectivity index (χ4n) is 4.65. The van der Waals surface area contributed by atoms with Crippen LogP contribution in [0.3, 0.4) is 0 Å². The topological polar surface area (TPSA) is 96.1 Å². The molecule has 5 rings (SSSR count). The summed E-state index contributed by atoms with van der Waals surface area (Å²) < 4.78 is 29.9. The summed E-state index contributed by atoms with van der Waals surface area (Å²) in [5.41, 5.74) is 2.03. The number of amides is 1. The Labute approximate surface area is 208 Å². The molecule has 190 valence electrons. The fraction of sp³-hybridized carbons (Fsp3) is 0.385. The highest BCUT2D eigenvalue weighted by molar-refractivity contribution is 6.11. The van der Waals surface area contributed by atoms with E-state index in [1.165, 1.54) is 18.2 Å². The van der Waals surface area contributed by atoms with Crippen molar-refractivity contribution < 1.29 is 28.2 Å². The summed E-state index contributed by atoms with van der Waals surface area (Å²) in [5, 5.41) is 3.28. The molecule has 3 aromatic rings. The number of carbonyl (C=O) groups excluding carboxylic acids is 2. The molecule has 0 bridgehead atoms. The summed E-state index contributed by atoms with van der Waals surface area (Å²) in [6, 6.07) is 9.67. The summed E-state index contributed by atoms with van der Waals surface area (Å²) in [6.07, 6.45) is 0. The predicted molar refractivity (Wildman–Crippen MR) is 132 cm³/mol. The first-order valence-corrected chi connectivity index (χ1v) is 12.1. The van der Waals surface area contributed by atoms with Crippen LogP contribution in [0.15, 0.2) is 36.4 Å². The fourth-order valence-corrected chi connectivity index (χ4v) is 4.65. The number of aromatic amines is 1. The molecular formula is C26H29FN4O5. The lowest BCUT2D eigenvalue weighted by Crippen LogP contribution is -2.52. The lowest BCUT2D eigenvalue weighted by molar-refractivity contribution is -0.121. The van der Waals surface area contributed by atoms with Crippen molar-refractivity contribution >= 4 is 28.5 Å². The average molecular weight is 497 g/mol. The molecule has 0 spiro atoms. The summed E-state index contributed by atoms with van der Waals surface area (Å²) >= 11 is 0. The number of benzene rings is 2.